The predicted octanol–water partition coefficient (Wildman–Crippen LogP) is 2.50. The summed E-state index contributed by atoms with van der Waals surface area (Å²) in [5.41, 5.74) is 4.95. The fraction of sp³-hybridized carbons (Fsp3) is 0.188. The smallest absolute Gasteiger partial charge is 0.268 e. The molecule has 0 unspecified atom stereocenters. The average molecular weight is 283 g/mol. The van der Waals surface area contributed by atoms with Gasteiger partial charge in [0, 0.05) is 11.7 Å². The number of hydrogen-bond donors (Lipinski definition) is 2. The number of amides is 1. The number of rotatable bonds is 3. The van der Waals surface area contributed by atoms with Gasteiger partial charge in [0.25, 0.3) is 5.91 Å². The third-order valence-electron chi connectivity index (χ3n) is 3.60. The highest BCUT2D eigenvalue weighted by Gasteiger charge is 2.14. The van der Waals surface area contributed by atoms with Crippen molar-refractivity contribution >= 4 is 16.8 Å². The van der Waals surface area contributed by atoms with E-state index in [4.69, 9.17) is 10.3 Å². The fourth-order valence-electron chi connectivity index (χ4n) is 2.52. The van der Waals surface area contributed by atoms with Gasteiger partial charge in [-0.2, -0.15) is 0 Å². The summed E-state index contributed by atoms with van der Waals surface area (Å²) in [6, 6.07) is 10.1. The van der Waals surface area contributed by atoms with Crippen molar-refractivity contribution in [1.82, 2.24) is 9.99 Å². The highest BCUT2D eigenvalue weighted by Crippen LogP contribution is 2.21. The molecule has 3 N–H and O–H groups in total. The zero-order valence-electron chi connectivity index (χ0n) is 12.0. The number of furan rings is 1. The molecule has 0 fully saturated rings. The maximum absolute atomic E-state index is 11.6. The molecular formula is C16H17N3O2. The number of nitrogens with one attached hydrogen (secondary N) is 1. The fourth-order valence-corrected chi connectivity index (χ4v) is 2.52. The number of carbonyl (C=O) groups is 1. The Morgan fingerprint density at radius 3 is 2.86 bits per heavy atom. The van der Waals surface area contributed by atoms with Gasteiger partial charge in [-0.05, 0) is 43.0 Å². The molecule has 0 saturated heterocycles. The Bertz CT molecular complexity index is 814. The second-order valence-electron chi connectivity index (χ2n) is 5.16. The van der Waals surface area contributed by atoms with Crippen LogP contribution in [0.15, 0.2) is 40.9 Å². The van der Waals surface area contributed by atoms with Crippen molar-refractivity contribution in [2.24, 2.45) is 5.84 Å². The zero-order valence-corrected chi connectivity index (χ0v) is 12.0. The summed E-state index contributed by atoms with van der Waals surface area (Å²) in [5.74, 6) is 6.12. The van der Waals surface area contributed by atoms with Crippen LogP contribution in [0.5, 0.6) is 0 Å². The summed E-state index contributed by atoms with van der Waals surface area (Å²) in [4.78, 5) is 11.6. The summed E-state index contributed by atoms with van der Waals surface area (Å²) in [7, 11) is 0. The van der Waals surface area contributed by atoms with Crippen molar-refractivity contribution in [3.05, 3.63) is 59.2 Å². The summed E-state index contributed by atoms with van der Waals surface area (Å²) in [6.07, 6.45) is 2.02. The molecule has 108 valence electrons. The van der Waals surface area contributed by atoms with Gasteiger partial charge in [0.05, 0.1) is 12.1 Å². The molecule has 2 aromatic heterocycles. The number of carbonyl (C=O) groups excluding carboxylic acids is 1. The van der Waals surface area contributed by atoms with Gasteiger partial charge in [0.2, 0.25) is 0 Å². The number of hydrogen-bond acceptors (Lipinski definition) is 3. The van der Waals surface area contributed by atoms with Crippen LogP contribution in [0.4, 0.5) is 0 Å². The average Bonchev–Trinajstić information content (AvgIpc) is 3.02. The molecule has 3 aromatic rings. The third kappa shape index (κ3) is 2.43. The van der Waals surface area contributed by atoms with E-state index in [-0.39, 0.29) is 5.91 Å². The van der Waals surface area contributed by atoms with Gasteiger partial charge >= 0.3 is 0 Å². The largest absolute Gasteiger partial charge is 0.464 e. The van der Waals surface area contributed by atoms with Crippen LogP contribution in [0.3, 0.4) is 0 Å². The standard InChI is InChI=1S/C16H17N3O2/c1-10-3-4-12-5-6-19(15(12)7-10)9-13-8-14(11(2)21-13)16(20)18-17/h3-8H,9,17H2,1-2H3,(H,18,20). The normalized spacial score (nSPS) is 11.0. The van der Waals surface area contributed by atoms with E-state index in [1.54, 1.807) is 13.0 Å². The van der Waals surface area contributed by atoms with Crippen LogP contribution in [0, 0.1) is 13.8 Å². The number of nitrogens with zero attached hydrogens (tertiary/aromatic N) is 1. The Labute approximate surface area is 122 Å². The Hall–Kier alpha value is -2.53. The molecule has 0 saturated carbocycles. The number of aryl methyl sites for hydroxylation is 2. The molecule has 0 aliphatic rings. The van der Waals surface area contributed by atoms with Crippen molar-refractivity contribution in [2.75, 3.05) is 0 Å². The second kappa shape index (κ2) is 5.10. The number of benzene rings is 1. The van der Waals surface area contributed by atoms with Crippen LogP contribution >= 0.6 is 0 Å². The molecule has 0 atom stereocenters. The Balaban J connectivity index is 1.95. The Kier molecular flexibility index (Phi) is 3.27. The van der Waals surface area contributed by atoms with Crippen molar-refractivity contribution in [2.45, 2.75) is 20.4 Å². The lowest BCUT2D eigenvalue weighted by atomic mass is 10.2. The monoisotopic (exact) mass is 283 g/mol. The van der Waals surface area contributed by atoms with Gasteiger partial charge in [-0.1, -0.05) is 12.1 Å². The number of nitrogen functional groups attached to an aromatic ring is 1. The molecule has 5 heteroatoms. The maximum Gasteiger partial charge on any atom is 0.268 e. The summed E-state index contributed by atoms with van der Waals surface area (Å²) in [5, 5.41) is 1.18. The minimum Gasteiger partial charge on any atom is -0.464 e. The van der Waals surface area contributed by atoms with E-state index in [1.165, 1.54) is 10.9 Å². The van der Waals surface area contributed by atoms with Gasteiger partial charge in [-0.25, -0.2) is 5.84 Å². The first-order valence-corrected chi connectivity index (χ1v) is 6.74. The first-order chi connectivity index (χ1) is 10.1. The quantitative estimate of drug-likeness (QED) is 0.440. The van der Waals surface area contributed by atoms with Crippen molar-refractivity contribution in [3.63, 3.8) is 0 Å². The molecule has 5 nitrogen and oxygen atoms in total. The summed E-state index contributed by atoms with van der Waals surface area (Å²) < 4.78 is 7.75. The van der Waals surface area contributed by atoms with E-state index in [1.807, 2.05) is 6.20 Å². The molecule has 0 aliphatic heterocycles. The van der Waals surface area contributed by atoms with Gasteiger partial charge < -0.3 is 8.98 Å². The van der Waals surface area contributed by atoms with Crippen LogP contribution in [0.2, 0.25) is 0 Å². The molecule has 1 amide bonds. The van der Waals surface area contributed by atoms with Crippen LogP contribution in [-0.2, 0) is 6.54 Å². The van der Waals surface area contributed by atoms with Gasteiger partial charge in [0.1, 0.15) is 11.5 Å². The first kappa shape index (κ1) is 13.5. The molecule has 0 bridgehead atoms. The molecule has 0 spiro atoms. The zero-order chi connectivity index (χ0) is 15.0. The number of aromatic nitrogens is 1. The summed E-state index contributed by atoms with van der Waals surface area (Å²) >= 11 is 0. The second-order valence-corrected chi connectivity index (χ2v) is 5.16. The maximum atomic E-state index is 11.6. The van der Waals surface area contributed by atoms with E-state index in [9.17, 15) is 4.79 Å². The van der Waals surface area contributed by atoms with Crippen molar-refractivity contribution < 1.29 is 9.21 Å². The lowest BCUT2D eigenvalue weighted by Crippen LogP contribution is -2.30. The first-order valence-electron chi connectivity index (χ1n) is 6.74. The predicted molar refractivity (Wildman–Crippen MR) is 80.9 cm³/mol. The molecule has 1 aromatic carbocycles. The Morgan fingerprint density at radius 2 is 2.10 bits per heavy atom. The number of nitrogens with two attached hydrogens (primary N) is 1. The van der Waals surface area contributed by atoms with E-state index in [2.05, 4.69) is 41.2 Å². The molecule has 21 heavy (non-hydrogen) atoms. The van der Waals surface area contributed by atoms with Crippen LogP contribution < -0.4 is 11.3 Å². The van der Waals surface area contributed by atoms with Crippen molar-refractivity contribution in [1.29, 1.82) is 0 Å². The molecular weight excluding hydrogens is 266 g/mol. The number of fused-ring (bicyclic) bond motifs is 1. The molecule has 0 radical (unpaired) electrons. The highest BCUT2D eigenvalue weighted by molar-refractivity contribution is 5.94. The van der Waals surface area contributed by atoms with Gasteiger partial charge in [0.15, 0.2) is 0 Å². The van der Waals surface area contributed by atoms with Crippen molar-refractivity contribution in [3.8, 4) is 0 Å². The van der Waals surface area contributed by atoms with Gasteiger partial charge in [-0.15, -0.1) is 0 Å². The molecule has 3 rings (SSSR count). The third-order valence-corrected chi connectivity index (χ3v) is 3.60. The van der Waals surface area contributed by atoms with E-state index in [0.717, 1.165) is 11.3 Å². The minimum absolute atomic E-state index is 0.337. The van der Waals surface area contributed by atoms with Crippen LogP contribution in [0.25, 0.3) is 10.9 Å². The number of hydrazine groups is 1. The van der Waals surface area contributed by atoms with E-state index >= 15 is 0 Å². The molecule has 2 heterocycles. The lowest BCUT2D eigenvalue weighted by molar-refractivity contribution is 0.0952. The van der Waals surface area contributed by atoms with E-state index in [0.29, 0.717) is 17.9 Å². The van der Waals surface area contributed by atoms with Crippen LogP contribution in [0.1, 0.15) is 27.4 Å². The summed E-state index contributed by atoms with van der Waals surface area (Å²) in [6.45, 7) is 4.40. The minimum atomic E-state index is -0.337. The Morgan fingerprint density at radius 1 is 1.29 bits per heavy atom. The van der Waals surface area contributed by atoms with Gasteiger partial charge in [-0.3, -0.25) is 10.2 Å². The van der Waals surface area contributed by atoms with E-state index < -0.39 is 0 Å². The molecule has 0 aliphatic carbocycles. The SMILES string of the molecule is Cc1ccc2ccn(Cc3cc(C(=O)NN)c(C)o3)c2c1. The highest BCUT2D eigenvalue weighted by atomic mass is 16.3. The van der Waals surface area contributed by atoms with Crippen LogP contribution in [-0.4, -0.2) is 10.5 Å². The topological polar surface area (TPSA) is 73.2 Å². The lowest BCUT2D eigenvalue weighted by Gasteiger charge is -2.03.